The molecule has 27 heavy (non-hydrogen) atoms. The van der Waals surface area contributed by atoms with Gasteiger partial charge in [-0.15, -0.1) is 11.8 Å². The van der Waals surface area contributed by atoms with Gasteiger partial charge in [-0.3, -0.25) is 0 Å². The van der Waals surface area contributed by atoms with Crippen LogP contribution in [0, 0.1) is 5.92 Å². The first-order valence-electron chi connectivity index (χ1n) is 9.68. The van der Waals surface area contributed by atoms with Gasteiger partial charge in [0.2, 0.25) is 0 Å². The third kappa shape index (κ3) is 5.35. The second kappa shape index (κ2) is 10.9. The zero-order valence-corrected chi connectivity index (χ0v) is 18.2. The molecular formula is C22H30FNOS2. The van der Waals surface area contributed by atoms with Crippen LogP contribution < -0.4 is 4.90 Å². The van der Waals surface area contributed by atoms with Crippen molar-refractivity contribution >= 4 is 34.9 Å². The van der Waals surface area contributed by atoms with Gasteiger partial charge in [-0.05, 0) is 36.9 Å². The fraction of sp³-hybridized carbons (Fsp3) is 0.455. The highest BCUT2D eigenvalue weighted by Gasteiger charge is 2.31. The Morgan fingerprint density at radius 3 is 2.56 bits per heavy atom. The largest absolute Gasteiger partial charge is 0.507 e. The molecule has 3 rings (SSSR count). The van der Waals surface area contributed by atoms with Crippen LogP contribution in [0.15, 0.2) is 52.3 Å². The molecule has 2 nitrogen and oxygen atoms in total. The van der Waals surface area contributed by atoms with E-state index in [0.29, 0.717) is 6.54 Å². The van der Waals surface area contributed by atoms with Crippen LogP contribution in [-0.4, -0.2) is 23.4 Å². The molecule has 0 saturated carbocycles. The van der Waals surface area contributed by atoms with Gasteiger partial charge in [-0.25, -0.2) is 4.39 Å². The molecule has 5 heteroatoms. The van der Waals surface area contributed by atoms with E-state index in [0.717, 1.165) is 40.4 Å². The number of hydrogen-bond donors (Lipinski definition) is 1. The molecular weight excluding hydrogens is 377 g/mol. The van der Waals surface area contributed by atoms with Crippen LogP contribution in [0.25, 0.3) is 0 Å². The Morgan fingerprint density at radius 2 is 1.93 bits per heavy atom. The van der Waals surface area contributed by atoms with Crippen molar-refractivity contribution < 1.29 is 9.50 Å². The maximum Gasteiger partial charge on any atom is 0.154 e. The van der Waals surface area contributed by atoms with Gasteiger partial charge in [-0.1, -0.05) is 63.6 Å². The summed E-state index contributed by atoms with van der Waals surface area (Å²) in [7, 11) is 0. The standard InChI is InChI=1S/C20H24FNOS2.C2H6/c1-3-4-8-14-13-22(15-9-6-5-7-10-15)16-11-19(24-2)17(23)12-18(16)25-20(14)21;1-2/h5-7,9-12,14,20,23H,3-4,8,13H2,1-2H3;1-2H3. The van der Waals surface area contributed by atoms with Crippen molar-refractivity contribution in [1.29, 1.82) is 0 Å². The summed E-state index contributed by atoms with van der Waals surface area (Å²) in [5, 5.41) is 10.2. The van der Waals surface area contributed by atoms with Crippen molar-refractivity contribution in [2.24, 2.45) is 5.92 Å². The molecule has 0 saturated heterocycles. The summed E-state index contributed by atoms with van der Waals surface area (Å²) >= 11 is 2.75. The number of nitrogens with zero attached hydrogens (tertiary/aromatic N) is 1. The lowest BCUT2D eigenvalue weighted by Crippen LogP contribution is -2.27. The normalized spacial score (nSPS) is 18.9. The van der Waals surface area contributed by atoms with E-state index < -0.39 is 5.50 Å². The number of fused-ring (bicyclic) bond motifs is 1. The maximum atomic E-state index is 15.0. The molecule has 2 atom stereocenters. The number of phenols is 1. The minimum Gasteiger partial charge on any atom is -0.507 e. The molecule has 0 amide bonds. The van der Waals surface area contributed by atoms with E-state index in [1.165, 1.54) is 23.5 Å². The second-order valence-electron chi connectivity index (χ2n) is 6.31. The summed E-state index contributed by atoms with van der Waals surface area (Å²) in [4.78, 5) is 3.84. The Morgan fingerprint density at radius 1 is 1.22 bits per heavy atom. The van der Waals surface area contributed by atoms with Crippen molar-refractivity contribution in [2.75, 3.05) is 17.7 Å². The van der Waals surface area contributed by atoms with E-state index in [1.807, 2.05) is 44.4 Å². The molecule has 2 aromatic rings. The van der Waals surface area contributed by atoms with Gasteiger partial charge in [0, 0.05) is 23.0 Å². The average molecular weight is 408 g/mol. The molecule has 148 valence electrons. The molecule has 0 radical (unpaired) electrons. The molecule has 2 aromatic carbocycles. The number of hydrogen-bond acceptors (Lipinski definition) is 4. The number of unbranched alkanes of at least 4 members (excludes halogenated alkanes) is 1. The number of thioether (sulfide) groups is 2. The molecule has 1 N–H and O–H groups in total. The van der Waals surface area contributed by atoms with Crippen LogP contribution in [0.1, 0.15) is 40.0 Å². The highest BCUT2D eigenvalue weighted by molar-refractivity contribution is 8.00. The lowest BCUT2D eigenvalue weighted by atomic mass is 10.0. The summed E-state index contributed by atoms with van der Waals surface area (Å²) in [5.41, 5.74) is 1.09. The lowest BCUT2D eigenvalue weighted by molar-refractivity contribution is 0.310. The van der Waals surface area contributed by atoms with E-state index >= 15 is 0 Å². The number of rotatable bonds is 5. The first kappa shape index (κ1) is 22.0. The smallest absolute Gasteiger partial charge is 0.154 e. The van der Waals surface area contributed by atoms with E-state index in [1.54, 1.807) is 6.07 Å². The number of benzene rings is 2. The van der Waals surface area contributed by atoms with Crippen LogP contribution in [0.3, 0.4) is 0 Å². The summed E-state index contributed by atoms with van der Waals surface area (Å²) < 4.78 is 15.0. The summed E-state index contributed by atoms with van der Waals surface area (Å²) in [5.74, 6) is 0.198. The number of para-hydroxylation sites is 1. The number of aromatic hydroxyl groups is 1. The number of phenolic OH excluding ortho intramolecular Hbond substituents is 1. The summed E-state index contributed by atoms with van der Waals surface area (Å²) in [6, 6.07) is 13.9. The third-order valence-electron chi connectivity index (χ3n) is 4.57. The van der Waals surface area contributed by atoms with Gasteiger partial charge in [0.05, 0.1) is 10.6 Å². The predicted molar refractivity (Wildman–Crippen MR) is 118 cm³/mol. The van der Waals surface area contributed by atoms with E-state index in [9.17, 15) is 9.50 Å². The lowest BCUT2D eigenvalue weighted by Gasteiger charge is -2.28. The van der Waals surface area contributed by atoms with Gasteiger partial charge < -0.3 is 10.0 Å². The van der Waals surface area contributed by atoms with Gasteiger partial charge in [0.15, 0.2) is 5.50 Å². The molecule has 0 aliphatic carbocycles. The van der Waals surface area contributed by atoms with E-state index in [4.69, 9.17) is 0 Å². The monoisotopic (exact) mass is 407 g/mol. The predicted octanol–water partition coefficient (Wildman–Crippen LogP) is 7.49. The SMILES string of the molecule is CC.CCCCC1CN(c2ccccc2)c2cc(SC)c(O)cc2SC1F. The number of anilines is 2. The van der Waals surface area contributed by atoms with E-state index in [-0.39, 0.29) is 11.7 Å². The molecule has 0 bridgehead atoms. The minimum absolute atomic E-state index is 0.0302. The number of halogens is 1. The topological polar surface area (TPSA) is 23.5 Å². The summed E-state index contributed by atoms with van der Waals surface area (Å²) in [6.07, 6.45) is 4.93. The molecule has 0 spiro atoms. The van der Waals surface area contributed by atoms with Crippen LogP contribution in [0.4, 0.5) is 15.8 Å². The van der Waals surface area contributed by atoms with Crippen LogP contribution >= 0.6 is 23.5 Å². The van der Waals surface area contributed by atoms with E-state index in [2.05, 4.69) is 24.0 Å². The number of alkyl halides is 1. The quantitative estimate of drug-likeness (QED) is 0.519. The maximum absolute atomic E-state index is 15.0. The van der Waals surface area contributed by atoms with Gasteiger partial charge >= 0.3 is 0 Å². The van der Waals surface area contributed by atoms with Crippen molar-refractivity contribution in [1.82, 2.24) is 0 Å². The Kier molecular flexibility index (Phi) is 8.84. The Hall–Kier alpha value is -1.33. The Labute approximate surface area is 171 Å². The highest BCUT2D eigenvalue weighted by Crippen LogP contribution is 2.47. The second-order valence-corrected chi connectivity index (χ2v) is 8.28. The fourth-order valence-corrected chi connectivity index (χ4v) is 4.81. The molecule has 0 aromatic heterocycles. The van der Waals surface area contributed by atoms with Crippen LogP contribution in [-0.2, 0) is 0 Å². The first-order chi connectivity index (χ1) is 13.1. The summed E-state index contributed by atoms with van der Waals surface area (Å²) in [6.45, 7) is 6.80. The molecule has 1 aliphatic rings. The Balaban J connectivity index is 0.00000126. The zero-order chi connectivity index (χ0) is 19.8. The van der Waals surface area contributed by atoms with Crippen molar-refractivity contribution in [2.45, 2.75) is 55.3 Å². The molecule has 1 heterocycles. The minimum atomic E-state index is -0.960. The molecule has 2 unspecified atom stereocenters. The Bertz CT molecular complexity index is 711. The van der Waals surface area contributed by atoms with Crippen molar-refractivity contribution in [3.8, 4) is 5.75 Å². The first-order valence-corrected chi connectivity index (χ1v) is 11.8. The third-order valence-corrected chi connectivity index (χ3v) is 6.53. The van der Waals surface area contributed by atoms with Crippen LogP contribution in [0.2, 0.25) is 0 Å². The zero-order valence-electron chi connectivity index (χ0n) is 16.6. The van der Waals surface area contributed by atoms with Crippen LogP contribution in [0.5, 0.6) is 5.75 Å². The van der Waals surface area contributed by atoms with Crippen molar-refractivity contribution in [3.63, 3.8) is 0 Å². The molecule has 1 aliphatic heterocycles. The fourth-order valence-electron chi connectivity index (χ4n) is 3.18. The van der Waals surface area contributed by atoms with Gasteiger partial charge in [-0.2, -0.15) is 0 Å². The van der Waals surface area contributed by atoms with Crippen molar-refractivity contribution in [3.05, 3.63) is 42.5 Å². The average Bonchev–Trinajstić information content (AvgIpc) is 2.83. The van der Waals surface area contributed by atoms with Gasteiger partial charge in [0.25, 0.3) is 0 Å². The molecule has 0 fully saturated rings. The van der Waals surface area contributed by atoms with Gasteiger partial charge in [0.1, 0.15) is 5.75 Å². The highest BCUT2D eigenvalue weighted by atomic mass is 32.2.